The fraction of sp³-hybridized carbons (Fsp3) is 0.579. The number of rotatable bonds is 6. The van der Waals surface area contributed by atoms with Crippen molar-refractivity contribution in [3.8, 4) is 5.75 Å². The topological polar surface area (TPSA) is 9.23 Å². The summed E-state index contributed by atoms with van der Waals surface area (Å²) in [5, 5.41) is 0. The molecule has 22 heavy (non-hydrogen) atoms. The van der Waals surface area contributed by atoms with Crippen LogP contribution in [0.25, 0.3) is 0 Å². The van der Waals surface area contributed by atoms with Crippen molar-refractivity contribution < 1.29 is 13.5 Å². The van der Waals surface area contributed by atoms with Crippen molar-refractivity contribution in [2.75, 3.05) is 0 Å². The van der Waals surface area contributed by atoms with Gasteiger partial charge in [-0.3, -0.25) is 0 Å². The largest absolute Gasteiger partial charge is 0.487 e. The molecule has 0 aromatic heterocycles. The lowest BCUT2D eigenvalue weighted by Gasteiger charge is -2.26. The Morgan fingerprint density at radius 3 is 2.45 bits per heavy atom. The second-order valence-corrected chi connectivity index (χ2v) is 6.53. The molecule has 120 valence electrons. The van der Waals surface area contributed by atoms with Crippen LogP contribution in [-0.2, 0) is 6.42 Å². The van der Waals surface area contributed by atoms with E-state index in [1.807, 2.05) is 0 Å². The third-order valence-corrected chi connectivity index (χ3v) is 4.86. The minimum Gasteiger partial charge on any atom is -0.487 e. The van der Waals surface area contributed by atoms with E-state index in [0.717, 1.165) is 25.7 Å². The van der Waals surface area contributed by atoms with Crippen LogP contribution in [-0.4, -0.2) is 6.10 Å². The summed E-state index contributed by atoms with van der Waals surface area (Å²) >= 11 is 0. The number of hydrogen-bond acceptors (Lipinski definition) is 1. The molecule has 0 unspecified atom stereocenters. The van der Waals surface area contributed by atoms with E-state index in [0.29, 0.717) is 17.9 Å². The second kappa shape index (κ2) is 7.26. The summed E-state index contributed by atoms with van der Waals surface area (Å²) in [4.78, 5) is 0. The Balaban J connectivity index is 1.55. The summed E-state index contributed by atoms with van der Waals surface area (Å²) < 4.78 is 33.6. The Bertz CT molecular complexity index is 528. The molecule has 0 saturated heterocycles. The molecule has 0 amide bonds. The molecule has 0 spiro atoms. The van der Waals surface area contributed by atoms with Crippen molar-refractivity contribution in [2.24, 2.45) is 5.92 Å². The molecule has 0 atom stereocenters. The molecule has 2 aliphatic rings. The lowest BCUT2D eigenvalue weighted by atomic mass is 9.96. The Kier molecular flexibility index (Phi) is 5.12. The molecule has 0 radical (unpaired) electrons. The van der Waals surface area contributed by atoms with Gasteiger partial charge in [0.15, 0.2) is 11.6 Å². The number of benzene rings is 1. The maximum atomic E-state index is 14.1. The van der Waals surface area contributed by atoms with Gasteiger partial charge in [0.05, 0.1) is 6.10 Å². The first-order valence-corrected chi connectivity index (χ1v) is 8.54. The zero-order valence-corrected chi connectivity index (χ0v) is 13.0. The molecule has 1 aromatic carbocycles. The maximum Gasteiger partial charge on any atom is 0.200 e. The summed E-state index contributed by atoms with van der Waals surface area (Å²) in [6.45, 7) is 0. The van der Waals surface area contributed by atoms with Crippen molar-refractivity contribution in [1.29, 1.82) is 0 Å². The van der Waals surface area contributed by atoms with E-state index in [-0.39, 0.29) is 11.9 Å². The van der Waals surface area contributed by atoms with Crippen molar-refractivity contribution in [1.82, 2.24) is 0 Å². The van der Waals surface area contributed by atoms with Crippen molar-refractivity contribution in [2.45, 2.75) is 63.9 Å². The number of hydrogen-bond donors (Lipinski definition) is 0. The van der Waals surface area contributed by atoms with Crippen LogP contribution in [0.15, 0.2) is 24.3 Å². The molecule has 2 saturated carbocycles. The predicted octanol–water partition coefficient (Wildman–Crippen LogP) is 5.58. The van der Waals surface area contributed by atoms with Gasteiger partial charge in [-0.05, 0) is 62.5 Å². The van der Waals surface area contributed by atoms with E-state index in [1.54, 1.807) is 12.1 Å². The first-order chi connectivity index (χ1) is 10.7. The van der Waals surface area contributed by atoms with Gasteiger partial charge in [-0.2, -0.15) is 4.39 Å². The summed E-state index contributed by atoms with van der Waals surface area (Å²) in [6, 6.07) is 3.24. The van der Waals surface area contributed by atoms with Gasteiger partial charge in [-0.25, -0.2) is 4.39 Å². The highest BCUT2D eigenvalue weighted by atomic mass is 19.2. The number of ether oxygens (including phenoxy) is 1. The molecule has 3 rings (SSSR count). The predicted molar refractivity (Wildman–Crippen MR) is 84.0 cm³/mol. The number of aryl methyl sites for hydroxylation is 1. The monoisotopic (exact) mass is 306 g/mol. The van der Waals surface area contributed by atoms with Gasteiger partial charge < -0.3 is 4.74 Å². The van der Waals surface area contributed by atoms with Gasteiger partial charge in [0.1, 0.15) is 0 Å². The zero-order chi connectivity index (χ0) is 15.4. The first kappa shape index (κ1) is 15.5. The van der Waals surface area contributed by atoms with Crippen LogP contribution in [0.1, 0.15) is 56.9 Å². The summed E-state index contributed by atoms with van der Waals surface area (Å²) in [6.07, 6.45) is 13.9. The fourth-order valence-corrected chi connectivity index (χ4v) is 3.20. The zero-order valence-electron chi connectivity index (χ0n) is 13.0. The highest BCUT2D eigenvalue weighted by Gasteiger charge is 2.22. The van der Waals surface area contributed by atoms with Gasteiger partial charge in [-0.1, -0.05) is 31.1 Å². The molecule has 0 bridgehead atoms. The standard InChI is InChI=1S/C19H24F2O/c20-18-15(9-4-3-8-14-6-1-2-7-14)12-13-17(19(18)21)22-16-10-5-11-16/h3,8,12-14,16H,1-2,4-7,9-11H2/b8-3+. The van der Waals surface area contributed by atoms with E-state index in [2.05, 4.69) is 12.2 Å². The Morgan fingerprint density at radius 2 is 1.77 bits per heavy atom. The highest BCUT2D eigenvalue weighted by Crippen LogP contribution is 2.30. The fourth-order valence-electron chi connectivity index (χ4n) is 3.20. The van der Waals surface area contributed by atoms with E-state index in [9.17, 15) is 8.78 Å². The second-order valence-electron chi connectivity index (χ2n) is 6.53. The first-order valence-electron chi connectivity index (χ1n) is 8.54. The normalized spacial score (nSPS) is 19.7. The molecular formula is C19H24F2O. The highest BCUT2D eigenvalue weighted by molar-refractivity contribution is 5.31. The van der Waals surface area contributed by atoms with Crippen LogP contribution in [0.4, 0.5) is 8.78 Å². The third-order valence-electron chi connectivity index (χ3n) is 4.86. The molecule has 1 aromatic rings. The van der Waals surface area contributed by atoms with Gasteiger partial charge in [0.2, 0.25) is 5.82 Å². The number of halogens is 2. The average molecular weight is 306 g/mol. The average Bonchev–Trinajstić information content (AvgIpc) is 2.98. The van der Waals surface area contributed by atoms with Crippen LogP contribution in [0, 0.1) is 17.6 Å². The molecule has 0 N–H and O–H groups in total. The van der Waals surface area contributed by atoms with Crippen LogP contribution in [0.3, 0.4) is 0 Å². The SMILES string of the molecule is Fc1c(CC/C=C/C2CCCC2)ccc(OC2CCC2)c1F. The van der Waals surface area contributed by atoms with Crippen LogP contribution in [0.2, 0.25) is 0 Å². The van der Waals surface area contributed by atoms with Crippen LogP contribution < -0.4 is 4.74 Å². The summed E-state index contributed by atoms with van der Waals surface area (Å²) in [7, 11) is 0. The third kappa shape index (κ3) is 3.68. The van der Waals surface area contributed by atoms with Crippen molar-refractivity contribution >= 4 is 0 Å². The van der Waals surface area contributed by atoms with Gasteiger partial charge >= 0.3 is 0 Å². The van der Waals surface area contributed by atoms with Crippen LogP contribution >= 0.6 is 0 Å². The van der Waals surface area contributed by atoms with E-state index < -0.39 is 11.6 Å². The van der Waals surface area contributed by atoms with E-state index in [1.165, 1.54) is 25.7 Å². The lowest BCUT2D eigenvalue weighted by molar-refractivity contribution is 0.114. The molecule has 2 aliphatic carbocycles. The summed E-state index contributed by atoms with van der Waals surface area (Å²) in [5.41, 5.74) is 0.439. The van der Waals surface area contributed by atoms with Crippen LogP contribution in [0.5, 0.6) is 5.75 Å². The molecule has 2 fully saturated rings. The molecule has 0 heterocycles. The minimum atomic E-state index is -0.829. The van der Waals surface area contributed by atoms with Gasteiger partial charge in [0, 0.05) is 0 Å². The molecule has 0 aliphatic heterocycles. The lowest BCUT2D eigenvalue weighted by Crippen LogP contribution is -2.25. The van der Waals surface area contributed by atoms with Gasteiger partial charge in [-0.15, -0.1) is 0 Å². The summed E-state index contributed by atoms with van der Waals surface area (Å²) in [5.74, 6) is -0.817. The maximum absolute atomic E-state index is 14.1. The van der Waals surface area contributed by atoms with E-state index in [4.69, 9.17) is 4.74 Å². The Labute approximate surface area is 131 Å². The molecular weight excluding hydrogens is 282 g/mol. The molecule has 1 nitrogen and oxygen atoms in total. The Morgan fingerprint density at radius 1 is 1.00 bits per heavy atom. The van der Waals surface area contributed by atoms with Crippen molar-refractivity contribution in [3.05, 3.63) is 41.5 Å². The minimum absolute atomic E-state index is 0.0625. The number of allylic oxidation sites excluding steroid dienone is 2. The van der Waals surface area contributed by atoms with Crippen molar-refractivity contribution in [3.63, 3.8) is 0 Å². The quantitative estimate of drug-likeness (QED) is 0.624. The van der Waals surface area contributed by atoms with Gasteiger partial charge in [0.25, 0.3) is 0 Å². The van der Waals surface area contributed by atoms with E-state index >= 15 is 0 Å². The Hall–Kier alpha value is -1.38. The molecule has 3 heteroatoms. The smallest absolute Gasteiger partial charge is 0.200 e.